The molecule has 0 heterocycles. The molecule has 0 radical (unpaired) electrons. The largest absolute Gasteiger partial charge is 0.506 e. The molecule has 0 aliphatic carbocycles. The van der Waals surface area contributed by atoms with Gasteiger partial charge in [0.2, 0.25) is 0 Å². The summed E-state index contributed by atoms with van der Waals surface area (Å²) in [5, 5.41) is 10.2. The molecule has 7 heteroatoms. The summed E-state index contributed by atoms with van der Waals surface area (Å²) >= 11 is 0. The van der Waals surface area contributed by atoms with E-state index in [-0.39, 0.29) is 23.3 Å². The maximum absolute atomic E-state index is 11.9. The first-order chi connectivity index (χ1) is 10.6. The number of phenolic OH excluding ortho intramolecular Hbond substituents is 1. The number of methoxy groups -OCH3 is 2. The van der Waals surface area contributed by atoms with E-state index in [0.29, 0.717) is 0 Å². The highest BCUT2D eigenvalue weighted by Crippen LogP contribution is 2.29. The maximum Gasteiger partial charge on any atom is 0.342 e. The van der Waals surface area contributed by atoms with Crippen LogP contribution in [0.25, 0.3) is 0 Å². The predicted octanol–water partition coefficient (Wildman–Crippen LogP) is 2.05. The molecule has 1 N–H and O–H groups in total. The van der Waals surface area contributed by atoms with Crippen LogP contribution >= 0.6 is 0 Å². The Hall–Kier alpha value is -2.57. The average Bonchev–Trinajstić information content (AvgIpc) is 2.50. The Morgan fingerprint density at radius 3 is 2.09 bits per heavy atom. The molecule has 126 valence electrons. The molecule has 0 aliphatic heterocycles. The normalized spacial score (nSPS) is 10.8. The summed E-state index contributed by atoms with van der Waals surface area (Å²) in [4.78, 5) is 35.3. The molecule has 0 aromatic heterocycles. The van der Waals surface area contributed by atoms with Crippen molar-refractivity contribution < 1.29 is 33.7 Å². The number of carbonyl (C=O) groups excluding carboxylic acids is 3. The van der Waals surface area contributed by atoms with Gasteiger partial charge in [0.25, 0.3) is 0 Å². The summed E-state index contributed by atoms with van der Waals surface area (Å²) in [5.41, 5.74) is -0.908. The molecule has 1 rings (SSSR count). The highest BCUT2D eigenvalue weighted by atomic mass is 16.5. The molecule has 0 bridgehead atoms. The van der Waals surface area contributed by atoms with Gasteiger partial charge in [0.15, 0.2) is 0 Å². The highest BCUT2D eigenvalue weighted by Gasteiger charge is 2.27. The zero-order valence-corrected chi connectivity index (χ0v) is 13.8. The Morgan fingerprint density at radius 1 is 1.04 bits per heavy atom. The fraction of sp³-hybridized carbons (Fsp3) is 0.438. The first kappa shape index (κ1) is 18.5. The first-order valence-electron chi connectivity index (χ1n) is 6.82. The minimum atomic E-state index is -0.852. The van der Waals surface area contributed by atoms with E-state index in [0.717, 1.165) is 14.2 Å². The maximum atomic E-state index is 11.9. The molecule has 23 heavy (non-hydrogen) atoms. The standard InChI is InChI=1S/C16H20O7/c1-16(2,3)15(20)23-8-9-6-7-10(13(18)21-4)12(17)11(9)14(19)22-5/h6-7,17H,8H2,1-5H3. The number of rotatable bonds is 4. The van der Waals surface area contributed by atoms with Crippen molar-refractivity contribution in [3.63, 3.8) is 0 Å². The number of aromatic hydroxyl groups is 1. The Morgan fingerprint density at radius 2 is 1.61 bits per heavy atom. The monoisotopic (exact) mass is 324 g/mol. The smallest absolute Gasteiger partial charge is 0.342 e. The van der Waals surface area contributed by atoms with Crippen LogP contribution in [-0.2, 0) is 25.6 Å². The Bertz CT molecular complexity index is 626. The summed E-state index contributed by atoms with van der Waals surface area (Å²) in [5.74, 6) is -2.70. The summed E-state index contributed by atoms with van der Waals surface area (Å²) in [6, 6.07) is 2.68. The third kappa shape index (κ3) is 4.21. The molecular formula is C16H20O7. The van der Waals surface area contributed by atoms with E-state index in [1.165, 1.54) is 12.1 Å². The summed E-state index contributed by atoms with van der Waals surface area (Å²) in [6.07, 6.45) is 0. The third-order valence-corrected chi connectivity index (χ3v) is 3.03. The van der Waals surface area contributed by atoms with Crippen LogP contribution in [0, 0.1) is 5.41 Å². The van der Waals surface area contributed by atoms with Gasteiger partial charge in [0, 0.05) is 5.56 Å². The second kappa shape index (κ2) is 7.13. The first-order valence-corrected chi connectivity index (χ1v) is 6.82. The number of carbonyl (C=O) groups is 3. The van der Waals surface area contributed by atoms with Crippen molar-refractivity contribution in [2.75, 3.05) is 14.2 Å². The lowest BCUT2D eigenvalue weighted by atomic mass is 9.97. The van der Waals surface area contributed by atoms with Crippen molar-refractivity contribution in [3.8, 4) is 5.75 Å². The van der Waals surface area contributed by atoms with E-state index in [9.17, 15) is 19.5 Å². The molecule has 0 saturated carbocycles. The summed E-state index contributed by atoms with van der Waals surface area (Å²) in [6.45, 7) is 4.83. The van der Waals surface area contributed by atoms with Gasteiger partial charge in [0.1, 0.15) is 23.5 Å². The Labute approximate surface area is 134 Å². The Balaban J connectivity index is 3.22. The van der Waals surface area contributed by atoms with Gasteiger partial charge in [-0.15, -0.1) is 0 Å². The second-order valence-electron chi connectivity index (χ2n) is 5.81. The molecule has 0 aliphatic rings. The van der Waals surface area contributed by atoms with Gasteiger partial charge < -0.3 is 19.3 Å². The number of benzene rings is 1. The minimum absolute atomic E-state index is 0.182. The molecule has 1 aromatic rings. The Kier molecular flexibility index (Phi) is 5.73. The van der Waals surface area contributed by atoms with Gasteiger partial charge in [-0.3, -0.25) is 4.79 Å². The molecule has 0 amide bonds. The van der Waals surface area contributed by atoms with Crippen molar-refractivity contribution in [2.45, 2.75) is 27.4 Å². The van der Waals surface area contributed by atoms with Gasteiger partial charge in [-0.1, -0.05) is 6.07 Å². The molecule has 0 spiro atoms. The molecule has 7 nitrogen and oxygen atoms in total. The predicted molar refractivity (Wildman–Crippen MR) is 80.0 cm³/mol. The van der Waals surface area contributed by atoms with E-state index in [2.05, 4.69) is 9.47 Å². The van der Waals surface area contributed by atoms with Gasteiger partial charge in [-0.2, -0.15) is 0 Å². The van der Waals surface area contributed by atoms with Crippen molar-refractivity contribution in [3.05, 3.63) is 28.8 Å². The minimum Gasteiger partial charge on any atom is -0.506 e. The number of esters is 3. The van der Waals surface area contributed by atoms with E-state index < -0.39 is 29.1 Å². The van der Waals surface area contributed by atoms with Crippen molar-refractivity contribution in [1.82, 2.24) is 0 Å². The van der Waals surface area contributed by atoms with E-state index in [1.807, 2.05) is 0 Å². The molecule has 1 aromatic carbocycles. The lowest BCUT2D eigenvalue weighted by Crippen LogP contribution is -2.23. The molecule has 0 atom stereocenters. The van der Waals surface area contributed by atoms with E-state index >= 15 is 0 Å². The lowest BCUT2D eigenvalue weighted by molar-refractivity contribution is -0.154. The number of ether oxygens (including phenoxy) is 3. The number of hydrogen-bond acceptors (Lipinski definition) is 7. The molecule has 0 unspecified atom stereocenters. The fourth-order valence-corrected chi connectivity index (χ4v) is 1.72. The van der Waals surface area contributed by atoms with Crippen molar-refractivity contribution in [1.29, 1.82) is 0 Å². The van der Waals surface area contributed by atoms with E-state index in [1.54, 1.807) is 20.8 Å². The third-order valence-electron chi connectivity index (χ3n) is 3.03. The van der Waals surface area contributed by atoms with Crippen molar-refractivity contribution >= 4 is 17.9 Å². The van der Waals surface area contributed by atoms with Crippen molar-refractivity contribution in [2.24, 2.45) is 5.41 Å². The highest BCUT2D eigenvalue weighted by molar-refractivity contribution is 6.01. The number of phenols is 1. The van der Waals surface area contributed by atoms with Crippen LogP contribution in [0.5, 0.6) is 5.75 Å². The lowest BCUT2D eigenvalue weighted by Gasteiger charge is -2.18. The van der Waals surface area contributed by atoms with E-state index in [4.69, 9.17) is 4.74 Å². The van der Waals surface area contributed by atoms with Crippen LogP contribution in [0.3, 0.4) is 0 Å². The number of hydrogen-bond donors (Lipinski definition) is 1. The SMILES string of the molecule is COC(=O)c1ccc(COC(=O)C(C)(C)C)c(C(=O)OC)c1O. The van der Waals surface area contributed by atoms with Crippen LogP contribution in [0.2, 0.25) is 0 Å². The van der Waals surface area contributed by atoms with Gasteiger partial charge in [-0.25, -0.2) is 9.59 Å². The van der Waals surface area contributed by atoms with Gasteiger partial charge >= 0.3 is 17.9 Å². The van der Waals surface area contributed by atoms with Crippen LogP contribution in [0.15, 0.2) is 12.1 Å². The van der Waals surface area contributed by atoms with Crippen LogP contribution in [0.4, 0.5) is 0 Å². The van der Waals surface area contributed by atoms with Crippen LogP contribution < -0.4 is 0 Å². The van der Waals surface area contributed by atoms with Gasteiger partial charge in [-0.05, 0) is 26.8 Å². The summed E-state index contributed by atoms with van der Waals surface area (Å²) in [7, 11) is 2.29. The average molecular weight is 324 g/mol. The topological polar surface area (TPSA) is 99.1 Å². The zero-order chi connectivity index (χ0) is 17.8. The quantitative estimate of drug-likeness (QED) is 0.668. The molecule has 0 saturated heterocycles. The second-order valence-corrected chi connectivity index (χ2v) is 5.81. The molecular weight excluding hydrogens is 304 g/mol. The molecule has 0 fully saturated rings. The van der Waals surface area contributed by atoms with Gasteiger partial charge in [0.05, 0.1) is 19.6 Å². The fourth-order valence-electron chi connectivity index (χ4n) is 1.72. The van der Waals surface area contributed by atoms with Crippen LogP contribution in [-0.4, -0.2) is 37.2 Å². The summed E-state index contributed by atoms with van der Waals surface area (Å²) < 4.78 is 14.3. The van der Waals surface area contributed by atoms with Crippen LogP contribution in [0.1, 0.15) is 47.1 Å². The zero-order valence-electron chi connectivity index (χ0n) is 13.8.